The van der Waals surface area contributed by atoms with Crippen LogP contribution in [0.2, 0.25) is 0 Å². The van der Waals surface area contributed by atoms with E-state index in [0.717, 1.165) is 30.4 Å². The van der Waals surface area contributed by atoms with Gasteiger partial charge >= 0.3 is 11.9 Å². The normalized spacial score (nSPS) is 17.1. The van der Waals surface area contributed by atoms with Crippen LogP contribution in [0.3, 0.4) is 0 Å². The quantitative estimate of drug-likeness (QED) is 0.0655. The number of aliphatic carboxylic acids is 1. The number of esters is 1. The second kappa shape index (κ2) is 25.1. The highest BCUT2D eigenvalue weighted by atomic mass is 19.1. The first-order valence-electron chi connectivity index (χ1n) is 27.8. The highest BCUT2D eigenvalue weighted by molar-refractivity contribution is 6.01. The number of morpholine rings is 2. The van der Waals surface area contributed by atoms with Crippen LogP contribution < -0.4 is 36.4 Å². The van der Waals surface area contributed by atoms with Gasteiger partial charge in [0, 0.05) is 146 Å². The van der Waals surface area contributed by atoms with Gasteiger partial charge < -0.3 is 55.7 Å². The standard InChI is InChI=1S/C32H35F2N7O3.C28H27F2N7O3.H3N/c1-19-29(38-24-14-27(40-8-10-43-11-9-40)37-17-22(24)20-15-35-18-36-16-20)28-23(34)12-21(33)13-25(28)39-30(19)41-7-5-6-26(41)31(42)44-32(2,3)4;1-16-26(25-20(30)9-18(29)10-22(25)35-27(16)37-4-2-3-23(37)28(38)39)34-21-11-24(36-5-7-40-8-6-36)33-14-19(21)17-12-31-15-32-13-17;/h12-18,26H,5-11H2,1-4H3,(H,37,38,39);9-15,23H,2-8H2,1H3,(H,38,39)(H,33,34,35);1H3/t26-;23-;/m00./s1. The molecule has 0 radical (unpaired) electrons. The summed E-state index contributed by atoms with van der Waals surface area (Å²) in [5.74, 6) is -2.08. The van der Waals surface area contributed by atoms with Crippen LogP contribution in [-0.4, -0.2) is 140 Å². The number of hydrogen-bond acceptors (Lipinski definition) is 20. The van der Waals surface area contributed by atoms with E-state index in [1.165, 1.54) is 18.7 Å². The fourth-order valence-electron chi connectivity index (χ4n) is 11.2. The molecule has 6 aromatic heterocycles. The number of nitrogens with zero attached hydrogens (tertiary/aromatic N) is 12. The Morgan fingerprint density at radius 2 is 1.01 bits per heavy atom. The molecule has 2 aromatic carbocycles. The Balaban J connectivity index is 0.000000188. The monoisotopic (exact) mass is 1170 g/mol. The van der Waals surface area contributed by atoms with Crippen LogP contribution in [0, 0.1) is 37.1 Å². The minimum Gasteiger partial charge on any atom is -0.480 e. The number of carbonyl (C=O) groups excluding carboxylic acids is 1. The molecule has 444 valence electrons. The number of aromatic nitrogens is 8. The zero-order valence-corrected chi connectivity index (χ0v) is 47.7. The lowest BCUT2D eigenvalue weighted by Gasteiger charge is -2.30. The van der Waals surface area contributed by atoms with Gasteiger partial charge in [-0.25, -0.2) is 67.0 Å². The minimum absolute atomic E-state index is 0. The van der Waals surface area contributed by atoms with E-state index < -0.39 is 46.9 Å². The first-order valence-corrected chi connectivity index (χ1v) is 27.8. The number of rotatable bonds is 12. The smallest absolute Gasteiger partial charge is 0.329 e. The van der Waals surface area contributed by atoms with Gasteiger partial charge in [-0.2, -0.15) is 0 Å². The number of carboxylic acids is 1. The van der Waals surface area contributed by atoms with Crippen molar-refractivity contribution >= 4 is 79.8 Å². The summed E-state index contributed by atoms with van der Waals surface area (Å²) in [5.41, 5.74) is 5.51. The molecule has 4 aliphatic rings. The number of fused-ring (bicyclic) bond motifs is 2. The molecular weight excluding hydrogens is 1100 g/mol. The Morgan fingerprint density at radius 1 is 0.600 bits per heavy atom. The van der Waals surface area contributed by atoms with E-state index in [9.17, 15) is 23.5 Å². The summed E-state index contributed by atoms with van der Waals surface area (Å²) >= 11 is 0. The number of nitrogens with one attached hydrogen (secondary N) is 2. The van der Waals surface area contributed by atoms with Crippen molar-refractivity contribution in [3.8, 4) is 22.3 Å². The van der Waals surface area contributed by atoms with Gasteiger partial charge in [-0.1, -0.05) is 0 Å². The Kier molecular flexibility index (Phi) is 17.5. The molecule has 4 saturated heterocycles. The average Bonchev–Trinajstić information content (AvgIpc) is 3.58. The van der Waals surface area contributed by atoms with Crippen molar-refractivity contribution in [1.29, 1.82) is 0 Å². The van der Waals surface area contributed by atoms with Gasteiger partial charge in [-0.15, -0.1) is 0 Å². The largest absolute Gasteiger partial charge is 0.480 e. The third-order valence-electron chi connectivity index (χ3n) is 15.2. The lowest BCUT2D eigenvalue weighted by molar-refractivity contribution is -0.156. The van der Waals surface area contributed by atoms with Crippen molar-refractivity contribution in [2.75, 3.05) is 95.9 Å². The molecule has 6 N–H and O–H groups in total. The van der Waals surface area contributed by atoms with Crippen molar-refractivity contribution in [2.45, 2.75) is 78.0 Å². The first kappa shape index (κ1) is 59.2. The number of hydrogen-bond donors (Lipinski definition) is 4. The molecule has 2 atom stereocenters. The second-order valence-corrected chi connectivity index (χ2v) is 21.9. The average molecular weight is 1170 g/mol. The van der Waals surface area contributed by atoms with Crippen LogP contribution >= 0.6 is 0 Å². The molecular formula is C60H65F4N15O6. The predicted molar refractivity (Wildman–Crippen MR) is 315 cm³/mol. The maximum absolute atomic E-state index is 15.6. The molecule has 21 nitrogen and oxygen atoms in total. The second-order valence-electron chi connectivity index (χ2n) is 21.9. The summed E-state index contributed by atoms with van der Waals surface area (Å²) in [6.07, 6.45) is 15.4. The first-order chi connectivity index (χ1) is 40.5. The van der Waals surface area contributed by atoms with Crippen molar-refractivity contribution in [1.82, 2.24) is 46.0 Å². The molecule has 85 heavy (non-hydrogen) atoms. The Labute approximate surface area is 487 Å². The number of carboxylic acid groups (broad SMARTS) is 1. The van der Waals surface area contributed by atoms with Crippen molar-refractivity contribution in [3.63, 3.8) is 0 Å². The zero-order chi connectivity index (χ0) is 58.8. The maximum atomic E-state index is 15.6. The van der Waals surface area contributed by atoms with Gasteiger partial charge in [-0.3, -0.25) is 0 Å². The Morgan fingerprint density at radius 3 is 1.42 bits per heavy atom. The summed E-state index contributed by atoms with van der Waals surface area (Å²) in [6, 6.07) is 6.47. The van der Waals surface area contributed by atoms with Crippen molar-refractivity contribution < 1.29 is 46.5 Å². The third-order valence-corrected chi connectivity index (χ3v) is 15.2. The summed E-state index contributed by atoms with van der Waals surface area (Å²) in [7, 11) is 0. The minimum atomic E-state index is -0.964. The van der Waals surface area contributed by atoms with Crippen LogP contribution in [0.15, 0.2) is 86.2 Å². The van der Waals surface area contributed by atoms with Crippen LogP contribution in [0.4, 0.5) is 63.6 Å². The number of carbonyl (C=O) groups is 2. The SMILES string of the molecule is Cc1c(N2CCC[C@H]2C(=O)O)nc2cc(F)cc(F)c2c1Nc1cc(N2CCOCC2)ncc1-c1cncnc1.Cc1c(N2CCC[C@H]2C(=O)OC(C)(C)C)nc2cc(F)cc(F)c2c1Nc1cc(N2CCOCC2)ncc1-c1cncnc1.N. The third kappa shape index (κ3) is 12.6. The molecule has 4 fully saturated rings. The van der Waals surface area contributed by atoms with Crippen LogP contribution in [0.5, 0.6) is 0 Å². The molecule has 10 heterocycles. The fraction of sp³-hybridized carbons (Fsp3) is 0.367. The number of anilines is 8. The van der Waals surface area contributed by atoms with Gasteiger partial charge in [0.2, 0.25) is 0 Å². The highest BCUT2D eigenvalue weighted by Crippen LogP contribution is 2.44. The topological polar surface area (TPSA) is 257 Å². The molecule has 0 aliphatic carbocycles. The molecule has 0 saturated carbocycles. The highest BCUT2D eigenvalue weighted by Gasteiger charge is 2.38. The van der Waals surface area contributed by atoms with Gasteiger partial charge in [0.25, 0.3) is 0 Å². The Hall–Kier alpha value is -8.94. The van der Waals surface area contributed by atoms with Gasteiger partial charge in [0.05, 0.1) is 71.0 Å². The van der Waals surface area contributed by atoms with E-state index in [1.807, 2.05) is 44.7 Å². The molecule has 0 unspecified atom stereocenters. The van der Waals surface area contributed by atoms with E-state index >= 15 is 8.78 Å². The molecule has 4 aliphatic heterocycles. The molecule has 0 spiro atoms. The number of ether oxygens (including phenoxy) is 3. The molecule has 0 amide bonds. The lowest BCUT2D eigenvalue weighted by Crippen LogP contribution is -2.41. The summed E-state index contributed by atoms with van der Waals surface area (Å²) in [6.45, 7) is 15.1. The Bertz CT molecular complexity index is 3760. The van der Waals surface area contributed by atoms with E-state index in [0.29, 0.717) is 159 Å². The van der Waals surface area contributed by atoms with Gasteiger partial charge in [0.15, 0.2) is 0 Å². The number of halogens is 4. The summed E-state index contributed by atoms with van der Waals surface area (Å²) < 4.78 is 76.7. The van der Waals surface area contributed by atoms with Crippen molar-refractivity contribution in [3.05, 3.63) is 121 Å². The van der Waals surface area contributed by atoms with E-state index in [2.05, 4.69) is 50.3 Å². The van der Waals surface area contributed by atoms with Crippen LogP contribution in [-0.2, 0) is 23.8 Å². The summed E-state index contributed by atoms with van der Waals surface area (Å²) in [5, 5.41) is 16.9. The van der Waals surface area contributed by atoms with Crippen LogP contribution in [0.25, 0.3) is 44.1 Å². The fourth-order valence-corrected chi connectivity index (χ4v) is 11.2. The number of pyridine rings is 4. The predicted octanol–water partition coefficient (Wildman–Crippen LogP) is 10.0. The van der Waals surface area contributed by atoms with Gasteiger partial charge in [-0.05, 0) is 60.3 Å². The maximum Gasteiger partial charge on any atom is 0.329 e. The lowest BCUT2D eigenvalue weighted by atomic mass is 10.0. The van der Waals surface area contributed by atoms with Crippen LogP contribution in [0.1, 0.15) is 57.6 Å². The van der Waals surface area contributed by atoms with E-state index in [-0.39, 0.29) is 33.9 Å². The molecule has 8 aromatic rings. The summed E-state index contributed by atoms with van der Waals surface area (Å²) in [4.78, 5) is 68.3. The molecule has 12 rings (SSSR count). The van der Waals surface area contributed by atoms with E-state index in [4.69, 9.17) is 24.2 Å². The molecule has 0 bridgehead atoms. The van der Waals surface area contributed by atoms with Crippen molar-refractivity contribution in [2.24, 2.45) is 0 Å². The molecule has 25 heteroatoms. The van der Waals surface area contributed by atoms with Gasteiger partial charge in [0.1, 0.15) is 76.9 Å². The number of benzene rings is 2. The zero-order valence-electron chi connectivity index (χ0n) is 47.7. The van der Waals surface area contributed by atoms with E-state index in [1.54, 1.807) is 49.0 Å².